The molecular formula is C9H9BrClN3S. The maximum atomic E-state index is 5.89. The van der Waals surface area contributed by atoms with Crippen LogP contribution in [0.15, 0.2) is 29.0 Å². The molecule has 0 aromatic carbocycles. The second-order valence-electron chi connectivity index (χ2n) is 3.03. The molecule has 0 spiro atoms. The maximum absolute atomic E-state index is 5.89. The minimum Gasteiger partial charge on any atom is -0.328 e. The Bertz CT molecular complexity index is 413. The van der Waals surface area contributed by atoms with Crippen LogP contribution in [0.2, 0.25) is 4.34 Å². The molecule has 0 bridgehead atoms. The van der Waals surface area contributed by atoms with Crippen LogP contribution < -0.4 is 5.73 Å². The van der Waals surface area contributed by atoms with Crippen molar-refractivity contribution < 1.29 is 0 Å². The molecule has 2 heterocycles. The van der Waals surface area contributed by atoms with E-state index in [2.05, 4.69) is 21.0 Å². The summed E-state index contributed by atoms with van der Waals surface area (Å²) in [5, 5.41) is 4.23. The monoisotopic (exact) mass is 305 g/mol. The standard InChI is InChI=1S/C9H9BrClN3S/c10-6-4-13-14(5-6)7(3-12)8-1-2-9(11)15-8/h1-2,4-5,7H,3,12H2. The molecular weight excluding hydrogens is 298 g/mol. The van der Waals surface area contributed by atoms with Gasteiger partial charge in [-0.1, -0.05) is 11.6 Å². The Morgan fingerprint density at radius 1 is 1.60 bits per heavy atom. The van der Waals surface area contributed by atoms with Crippen LogP contribution in [-0.4, -0.2) is 16.3 Å². The fourth-order valence-electron chi connectivity index (χ4n) is 1.35. The van der Waals surface area contributed by atoms with Crippen molar-refractivity contribution in [1.82, 2.24) is 9.78 Å². The zero-order valence-corrected chi connectivity index (χ0v) is 10.9. The Morgan fingerprint density at radius 2 is 2.40 bits per heavy atom. The highest BCUT2D eigenvalue weighted by Crippen LogP contribution is 2.28. The van der Waals surface area contributed by atoms with Gasteiger partial charge in [0.1, 0.15) is 0 Å². The highest BCUT2D eigenvalue weighted by atomic mass is 79.9. The summed E-state index contributed by atoms with van der Waals surface area (Å²) in [7, 11) is 0. The first-order chi connectivity index (χ1) is 7.20. The van der Waals surface area contributed by atoms with Crippen molar-refractivity contribution >= 4 is 38.9 Å². The Kier molecular flexibility index (Phi) is 3.45. The smallest absolute Gasteiger partial charge is 0.0983 e. The molecule has 0 amide bonds. The summed E-state index contributed by atoms with van der Waals surface area (Å²) in [6, 6.07) is 3.93. The first-order valence-corrected chi connectivity index (χ1v) is 6.34. The van der Waals surface area contributed by atoms with Crippen LogP contribution in [0.3, 0.4) is 0 Å². The Balaban J connectivity index is 2.32. The lowest BCUT2D eigenvalue weighted by atomic mass is 10.2. The van der Waals surface area contributed by atoms with Crippen molar-refractivity contribution in [2.24, 2.45) is 5.73 Å². The number of hydrogen-bond acceptors (Lipinski definition) is 3. The Hall–Kier alpha value is -0.360. The zero-order valence-electron chi connectivity index (χ0n) is 7.73. The molecule has 2 aromatic rings. The second kappa shape index (κ2) is 4.65. The predicted octanol–water partition coefficient (Wildman–Crippen LogP) is 2.91. The topological polar surface area (TPSA) is 43.8 Å². The van der Waals surface area contributed by atoms with Gasteiger partial charge in [0.15, 0.2) is 0 Å². The minimum absolute atomic E-state index is 0.0637. The van der Waals surface area contributed by atoms with E-state index in [1.165, 1.54) is 11.3 Å². The molecule has 3 nitrogen and oxygen atoms in total. The van der Waals surface area contributed by atoms with Gasteiger partial charge in [0.2, 0.25) is 0 Å². The molecule has 0 aliphatic carbocycles. The molecule has 0 fully saturated rings. The quantitative estimate of drug-likeness (QED) is 0.947. The molecule has 15 heavy (non-hydrogen) atoms. The lowest BCUT2D eigenvalue weighted by molar-refractivity contribution is 0.539. The normalized spacial score (nSPS) is 13.0. The summed E-state index contributed by atoms with van der Waals surface area (Å²) in [6.45, 7) is 0.505. The van der Waals surface area contributed by atoms with Gasteiger partial charge < -0.3 is 5.73 Å². The van der Waals surface area contributed by atoms with Crippen molar-refractivity contribution in [2.45, 2.75) is 6.04 Å². The van der Waals surface area contributed by atoms with Crippen LogP contribution in [0.4, 0.5) is 0 Å². The highest BCUT2D eigenvalue weighted by molar-refractivity contribution is 9.10. The van der Waals surface area contributed by atoms with Crippen LogP contribution in [0.25, 0.3) is 0 Å². The van der Waals surface area contributed by atoms with E-state index >= 15 is 0 Å². The molecule has 0 aliphatic heterocycles. The van der Waals surface area contributed by atoms with Gasteiger partial charge in [-0.05, 0) is 28.1 Å². The third kappa shape index (κ3) is 2.42. The molecule has 0 saturated heterocycles. The second-order valence-corrected chi connectivity index (χ2v) is 5.69. The van der Waals surface area contributed by atoms with Crippen LogP contribution in [-0.2, 0) is 0 Å². The number of aromatic nitrogens is 2. The van der Waals surface area contributed by atoms with Gasteiger partial charge >= 0.3 is 0 Å². The van der Waals surface area contributed by atoms with Crippen LogP contribution >= 0.6 is 38.9 Å². The van der Waals surface area contributed by atoms with Crippen molar-refractivity contribution in [3.8, 4) is 0 Å². The van der Waals surface area contributed by atoms with Crippen LogP contribution in [0.1, 0.15) is 10.9 Å². The molecule has 1 atom stereocenters. The first-order valence-electron chi connectivity index (χ1n) is 4.35. The SMILES string of the molecule is NCC(c1ccc(Cl)s1)n1cc(Br)cn1. The number of halogens is 2. The molecule has 80 valence electrons. The van der Waals surface area contributed by atoms with E-state index in [1.807, 2.05) is 23.0 Å². The van der Waals surface area contributed by atoms with Gasteiger partial charge in [0, 0.05) is 17.6 Å². The van der Waals surface area contributed by atoms with E-state index in [1.54, 1.807) is 6.20 Å². The minimum atomic E-state index is 0.0637. The summed E-state index contributed by atoms with van der Waals surface area (Å²) in [5.74, 6) is 0. The average Bonchev–Trinajstić information content (AvgIpc) is 2.78. The Morgan fingerprint density at radius 3 is 2.87 bits per heavy atom. The molecule has 2 N–H and O–H groups in total. The van der Waals surface area contributed by atoms with E-state index in [-0.39, 0.29) is 6.04 Å². The van der Waals surface area contributed by atoms with Crippen molar-refractivity contribution in [3.63, 3.8) is 0 Å². The van der Waals surface area contributed by atoms with Gasteiger partial charge in [0.25, 0.3) is 0 Å². The molecule has 0 saturated carbocycles. The molecule has 1 unspecified atom stereocenters. The lowest BCUT2D eigenvalue weighted by Crippen LogP contribution is -2.19. The van der Waals surface area contributed by atoms with E-state index in [4.69, 9.17) is 17.3 Å². The summed E-state index contributed by atoms with van der Waals surface area (Å²) >= 11 is 10.8. The third-order valence-corrected chi connectivity index (χ3v) is 3.78. The van der Waals surface area contributed by atoms with E-state index in [0.717, 1.165) is 13.7 Å². The summed E-state index contributed by atoms with van der Waals surface area (Å²) in [6.07, 6.45) is 3.66. The van der Waals surface area contributed by atoms with Gasteiger partial charge in [0.05, 0.1) is 21.0 Å². The van der Waals surface area contributed by atoms with Crippen LogP contribution in [0.5, 0.6) is 0 Å². The fourth-order valence-corrected chi connectivity index (χ4v) is 2.82. The molecule has 6 heteroatoms. The van der Waals surface area contributed by atoms with Gasteiger partial charge in [-0.3, -0.25) is 4.68 Å². The van der Waals surface area contributed by atoms with Crippen molar-refractivity contribution in [1.29, 1.82) is 0 Å². The van der Waals surface area contributed by atoms with Crippen molar-refractivity contribution in [3.05, 3.63) is 38.2 Å². The zero-order chi connectivity index (χ0) is 10.8. The van der Waals surface area contributed by atoms with E-state index in [9.17, 15) is 0 Å². The molecule has 2 rings (SSSR count). The number of hydrogen-bond donors (Lipinski definition) is 1. The van der Waals surface area contributed by atoms with Crippen molar-refractivity contribution in [2.75, 3.05) is 6.54 Å². The third-order valence-electron chi connectivity index (χ3n) is 2.04. The molecule has 0 radical (unpaired) electrons. The Labute approximate surface area is 105 Å². The highest BCUT2D eigenvalue weighted by Gasteiger charge is 2.14. The average molecular weight is 307 g/mol. The number of nitrogens with two attached hydrogens (primary N) is 1. The van der Waals surface area contributed by atoms with E-state index in [0.29, 0.717) is 6.54 Å². The van der Waals surface area contributed by atoms with Gasteiger partial charge in [-0.15, -0.1) is 11.3 Å². The number of nitrogens with zero attached hydrogens (tertiary/aromatic N) is 2. The van der Waals surface area contributed by atoms with Gasteiger partial charge in [-0.2, -0.15) is 5.10 Å². The lowest BCUT2D eigenvalue weighted by Gasteiger charge is -2.12. The predicted molar refractivity (Wildman–Crippen MR) is 66.4 cm³/mol. The number of rotatable bonds is 3. The van der Waals surface area contributed by atoms with Crippen LogP contribution in [0, 0.1) is 0 Å². The number of thiophene rings is 1. The fraction of sp³-hybridized carbons (Fsp3) is 0.222. The first kappa shape index (κ1) is 11.1. The van der Waals surface area contributed by atoms with E-state index < -0.39 is 0 Å². The largest absolute Gasteiger partial charge is 0.328 e. The summed E-state index contributed by atoms with van der Waals surface area (Å²) < 4.78 is 3.56. The van der Waals surface area contributed by atoms with Gasteiger partial charge in [-0.25, -0.2) is 0 Å². The summed E-state index contributed by atoms with van der Waals surface area (Å²) in [5.41, 5.74) is 5.74. The summed E-state index contributed by atoms with van der Waals surface area (Å²) in [4.78, 5) is 1.12. The maximum Gasteiger partial charge on any atom is 0.0983 e. The molecule has 0 aliphatic rings. The molecule has 2 aromatic heterocycles.